The minimum atomic E-state index is -4.67. The summed E-state index contributed by atoms with van der Waals surface area (Å²) in [5, 5.41) is 5.56. The quantitative estimate of drug-likeness (QED) is 0.00671. The third-order valence-corrected chi connectivity index (χ3v) is 21.6. The Hall–Kier alpha value is -6.83. The third-order valence-electron chi connectivity index (χ3n) is 15.8. The first kappa shape index (κ1) is 69.6. The molecule has 1 amide bonds. The van der Waals surface area contributed by atoms with Crippen LogP contribution < -0.4 is 26.1 Å². The topological polar surface area (TPSA) is 305 Å². The number of Topliss-reactive ketones (excluding diaryl/α,β-unsaturated/α-hetero) is 1. The van der Waals surface area contributed by atoms with Crippen molar-refractivity contribution in [3.05, 3.63) is 186 Å². The summed E-state index contributed by atoms with van der Waals surface area (Å²) < 4.78 is 149. The number of benzene rings is 5. The van der Waals surface area contributed by atoms with E-state index in [1.54, 1.807) is 66.8 Å². The summed E-state index contributed by atoms with van der Waals surface area (Å²) in [5.41, 5.74) is 2.23. The standard InChI is InChI=1S/C64H74N3O17PS4/c1-63(36-20-42-86(71,72)73)54-45-51(88(77,78)79)31-34-56(54)66(59(63)28-16-6-5-7-17-29-60-64(2,37-21-43-87(74,75)76)55-46-52(89(80,81)82)32-35-57(55)67(60)40-41-83-3)39-18-10-11-22-48(68)23-19-38-65-61(69)47-30-33-53(62(70)84-4)58(44-47)85(49-24-12-8-13-25-49)50-26-14-9-15-27-50/h5-9,12-17,24-35,44-46H,10-11,18-23,36-43H2,1-4H3,(H4-,65,69,71,72,73,74,75,76,77,78,79,80,81,82)/p+1. The van der Waals surface area contributed by atoms with E-state index in [0.717, 1.165) is 10.6 Å². The summed E-state index contributed by atoms with van der Waals surface area (Å²) in [4.78, 5) is 41.1. The van der Waals surface area contributed by atoms with Crippen molar-refractivity contribution in [1.29, 1.82) is 0 Å². The summed E-state index contributed by atoms with van der Waals surface area (Å²) in [5.74, 6) is -1.97. The molecule has 5 aromatic carbocycles. The molecule has 20 nitrogen and oxygen atoms in total. The van der Waals surface area contributed by atoms with Crippen LogP contribution in [0.2, 0.25) is 0 Å². The highest BCUT2D eigenvalue weighted by Gasteiger charge is 2.48. The minimum absolute atomic E-state index is 0.0120. The normalized spacial score (nSPS) is 17.6. The number of unbranched alkanes of at least 4 members (excludes halogenated alkanes) is 2. The Labute approximate surface area is 522 Å². The van der Waals surface area contributed by atoms with Crippen LogP contribution in [0.15, 0.2) is 173 Å². The van der Waals surface area contributed by atoms with E-state index in [1.807, 2.05) is 90.1 Å². The van der Waals surface area contributed by atoms with Gasteiger partial charge in [-0.25, -0.2) is 4.79 Å². The van der Waals surface area contributed by atoms with Crippen LogP contribution in [0, 0.1) is 0 Å². The molecule has 2 aliphatic heterocycles. The van der Waals surface area contributed by atoms with Gasteiger partial charge in [-0.15, -0.1) is 0 Å². The zero-order valence-corrected chi connectivity index (χ0v) is 54.1. The SMILES string of the molecule is COCCN1C(=CC=CC=CC=CC2=[N+](CCCCCC(=O)CCCNC(=O)c3ccc(C(=O)OC)c(P(c4ccccc4)c4ccccc4)c3)c3ccc(S(=O)(=O)O)cc3C2(C)CCCS(=O)(=O)O)C(C)(CCCS(=O)(=O)O)c2cc(S(=O)(=O)O)ccc21. The van der Waals surface area contributed by atoms with Gasteiger partial charge in [-0.05, 0) is 137 Å². The van der Waals surface area contributed by atoms with Crippen molar-refractivity contribution in [2.75, 3.05) is 56.9 Å². The van der Waals surface area contributed by atoms with E-state index in [1.165, 1.54) is 38.5 Å². The summed E-state index contributed by atoms with van der Waals surface area (Å²) in [7, 11) is -16.4. The molecule has 5 aromatic rings. The lowest BCUT2D eigenvalue weighted by Gasteiger charge is -2.30. The van der Waals surface area contributed by atoms with Crippen LogP contribution in [-0.4, -0.2) is 132 Å². The maximum absolute atomic E-state index is 13.6. The van der Waals surface area contributed by atoms with E-state index >= 15 is 0 Å². The van der Waals surface area contributed by atoms with Crippen LogP contribution in [0.1, 0.15) is 110 Å². The molecule has 2 unspecified atom stereocenters. The van der Waals surface area contributed by atoms with Crippen LogP contribution in [0.25, 0.3) is 0 Å². The average Bonchev–Trinajstić information content (AvgIpc) is 1.64. The van der Waals surface area contributed by atoms with E-state index in [0.29, 0.717) is 89.1 Å². The number of ketones is 1. The van der Waals surface area contributed by atoms with Gasteiger partial charge < -0.3 is 19.7 Å². The zero-order valence-electron chi connectivity index (χ0n) is 49.9. The molecule has 2 aliphatic rings. The van der Waals surface area contributed by atoms with Crippen LogP contribution >= 0.6 is 7.92 Å². The number of ether oxygens (including phenoxy) is 2. The Morgan fingerprint density at radius 2 is 1.20 bits per heavy atom. The van der Waals surface area contributed by atoms with E-state index in [9.17, 15) is 66.3 Å². The maximum Gasteiger partial charge on any atom is 0.338 e. The van der Waals surface area contributed by atoms with E-state index in [-0.39, 0.29) is 73.2 Å². The van der Waals surface area contributed by atoms with Gasteiger partial charge in [-0.2, -0.15) is 38.2 Å². The number of hydrogen-bond acceptors (Lipinski definition) is 14. The summed E-state index contributed by atoms with van der Waals surface area (Å²) in [6.45, 7) is 4.85. The lowest BCUT2D eigenvalue weighted by molar-refractivity contribution is -0.438. The molecule has 0 fully saturated rings. The number of nitrogens with one attached hydrogen (secondary N) is 1. The van der Waals surface area contributed by atoms with Gasteiger partial charge in [0.15, 0.2) is 5.71 Å². The monoisotopic (exact) mass is 1320 g/mol. The smallest absolute Gasteiger partial charge is 0.338 e. The molecule has 7 rings (SSSR count). The molecule has 5 N–H and O–H groups in total. The number of rotatable bonds is 32. The van der Waals surface area contributed by atoms with Gasteiger partial charge in [-0.1, -0.05) is 91.0 Å². The van der Waals surface area contributed by atoms with Crippen molar-refractivity contribution in [3.63, 3.8) is 0 Å². The number of fused-ring (bicyclic) bond motifs is 2. The highest BCUT2D eigenvalue weighted by atomic mass is 32.2. The fourth-order valence-corrected chi connectivity index (χ4v) is 16.0. The first-order valence-electron chi connectivity index (χ1n) is 28.8. The van der Waals surface area contributed by atoms with Crippen molar-refractivity contribution >= 4 is 99.1 Å². The minimum Gasteiger partial charge on any atom is -0.465 e. The maximum atomic E-state index is 13.6. The second kappa shape index (κ2) is 30.3. The molecule has 2 heterocycles. The second-order valence-electron chi connectivity index (χ2n) is 22.1. The highest BCUT2D eigenvalue weighted by molar-refractivity contribution is 7.86. The highest BCUT2D eigenvalue weighted by Crippen LogP contribution is 2.51. The van der Waals surface area contributed by atoms with Crippen LogP contribution in [0.4, 0.5) is 11.4 Å². The van der Waals surface area contributed by atoms with Gasteiger partial charge in [0, 0.05) is 84.8 Å². The predicted octanol–water partition coefficient (Wildman–Crippen LogP) is 8.73. The van der Waals surface area contributed by atoms with E-state index < -0.39 is 76.7 Å². The van der Waals surface area contributed by atoms with Gasteiger partial charge in [0.2, 0.25) is 5.69 Å². The molecule has 0 aliphatic carbocycles. The van der Waals surface area contributed by atoms with Crippen LogP contribution in [0.3, 0.4) is 0 Å². The zero-order chi connectivity index (χ0) is 64.8. The first-order chi connectivity index (χ1) is 42.1. The van der Waals surface area contributed by atoms with E-state index in [4.69, 9.17) is 9.47 Å². The Bertz CT molecular complexity index is 4000. The number of carbonyl (C=O) groups excluding carboxylic acids is 3. The molecule has 0 spiro atoms. The number of anilines is 1. The fourth-order valence-electron chi connectivity index (χ4n) is 11.5. The average molecular weight is 1320 g/mol. The summed E-state index contributed by atoms with van der Waals surface area (Å²) in [6.07, 6.45) is 15.2. The largest absolute Gasteiger partial charge is 0.465 e. The molecule has 0 bridgehead atoms. The van der Waals surface area contributed by atoms with Crippen molar-refractivity contribution < 1.29 is 80.3 Å². The summed E-state index contributed by atoms with van der Waals surface area (Å²) >= 11 is 0. The van der Waals surface area contributed by atoms with Crippen molar-refractivity contribution in [3.8, 4) is 0 Å². The molecule has 25 heteroatoms. The lowest BCUT2D eigenvalue weighted by atomic mass is 9.76. The lowest BCUT2D eigenvalue weighted by Crippen LogP contribution is -2.32. The van der Waals surface area contributed by atoms with Gasteiger partial charge in [0.1, 0.15) is 12.3 Å². The molecule has 476 valence electrons. The molecular weight excluding hydrogens is 1240 g/mol. The molecule has 2 atom stereocenters. The van der Waals surface area contributed by atoms with Crippen molar-refractivity contribution in [2.24, 2.45) is 0 Å². The van der Waals surface area contributed by atoms with Gasteiger partial charge in [-0.3, -0.25) is 27.8 Å². The molecular formula is C64H75N3O17PS4+. The van der Waals surface area contributed by atoms with Crippen molar-refractivity contribution in [1.82, 2.24) is 5.32 Å². The Kier molecular flexibility index (Phi) is 23.7. The van der Waals surface area contributed by atoms with Gasteiger partial charge >= 0.3 is 5.97 Å². The Morgan fingerprint density at radius 3 is 1.80 bits per heavy atom. The number of allylic oxidation sites excluding steroid dienone is 8. The number of methoxy groups -OCH3 is 2. The fraction of sp³-hybridized carbons (Fsp3) is 0.344. The van der Waals surface area contributed by atoms with E-state index in [2.05, 4.69) is 5.32 Å². The molecule has 89 heavy (non-hydrogen) atoms. The third kappa shape index (κ3) is 18.2. The number of carbonyl (C=O) groups is 3. The number of amides is 1. The number of hydrogen-bond donors (Lipinski definition) is 5. The van der Waals surface area contributed by atoms with Gasteiger partial charge in [0.05, 0.1) is 46.0 Å². The summed E-state index contributed by atoms with van der Waals surface area (Å²) in [6, 6.07) is 32.9. The molecule has 0 saturated heterocycles. The van der Waals surface area contributed by atoms with Gasteiger partial charge in [0.25, 0.3) is 46.4 Å². The Balaban J connectivity index is 1.05. The van der Waals surface area contributed by atoms with Crippen LogP contribution in [0.5, 0.6) is 0 Å². The van der Waals surface area contributed by atoms with Crippen molar-refractivity contribution in [2.45, 2.75) is 98.7 Å². The molecule has 0 saturated carbocycles. The van der Waals surface area contributed by atoms with Crippen LogP contribution in [-0.2, 0) is 65.6 Å². The first-order valence-corrected chi connectivity index (χ1v) is 36.2. The Morgan fingerprint density at radius 1 is 0.629 bits per heavy atom. The predicted molar refractivity (Wildman–Crippen MR) is 345 cm³/mol. The number of nitrogens with zero attached hydrogens (tertiary/aromatic N) is 2. The molecule has 0 radical (unpaired) electrons. The number of esters is 1. The molecule has 0 aromatic heterocycles. The second-order valence-corrected chi connectivity index (χ2v) is 30.2.